The molecule has 0 amide bonds. The molecule has 0 N–H and O–H groups in total. The van der Waals surface area contributed by atoms with E-state index in [0.29, 0.717) is 0 Å². The number of benzene rings is 4. The van der Waals surface area contributed by atoms with E-state index in [1.54, 1.807) is 0 Å². The average molecular weight is 447 g/mol. The number of aryl methyl sites for hydroxylation is 4. The van der Waals surface area contributed by atoms with Gasteiger partial charge in [-0.3, -0.25) is 0 Å². The van der Waals surface area contributed by atoms with Gasteiger partial charge >= 0.3 is 0 Å². The first-order valence-corrected chi connectivity index (χ1v) is 12.5. The second-order valence-corrected chi connectivity index (χ2v) is 8.84. The van der Waals surface area contributed by atoms with Crippen LogP contribution in [0.3, 0.4) is 0 Å². The molecule has 0 radical (unpaired) electrons. The standard InChI is InChI=1S/C32H34N2/c1-3-15-27(16-4-1)19-7-9-21-29-23-11-13-25-31(29)33-34-32-26-14-12-24-30(32)22-10-8-20-28-17-5-2-6-18-28/h1-6,11-18,23-26H,7-10,19-22H2. The molecule has 0 saturated carbocycles. The van der Waals surface area contributed by atoms with Crippen LogP contribution in [0.2, 0.25) is 0 Å². The van der Waals surface area contributed by atoms with Crippen molar-refractivity contribution >= 4 is 11.4 Å². The van der Waals surface area contributed by atoms with Crippen molar-refractivity contribution in [3.05, 3.63) is 131 Å². The molecule has 0 aromatic heterocycles. The van der Waals surface area contributed by atoms with Crippen LogP contribution in [-0.2, 0) is 25.7 Å². The van der Waals surface area contributed by atoms with Crippen molar-refractivity contribution in [3.63, 3.8) is 0 Å². The van der Waals surface area contributed by atoms with Crippen LogP contribution < -0.4 is 0 Å². The summed E-state index contributed by atoms with van der Waals surface area (Å²) in [5.74, 6) is 0. The van der Waals surface area contributed by atoms with Gasteiger partial charge in [-0.1, -0.05) is 97.1 Å². The molecule has 0 aliphatic heterocycles. The second-order valence-electron chi connectivity index (χ2n) is 8.84. The van der Waals surface area contributed by atoms with Crippen molar-refractivity contribution < 1.29 is 0 Å². The summed E-state index contributed by atoms with van der Waals surface area (Å²) in [6.45, 7) is 0. The fourth-order valence-electron chi connectivity index (χ4n) is 4.33. The summed E-state index contributed by atoms with van der Waals surface area (Å²) >= 11 is 0. The number of nitrogens with zero attached hydrogens (tertiary/aromatic N) is 2. The zero-order chi connectivity index (χ0) is 23.3. The molecule has 4 aromatic rings. The van der Waals surface area contributed by atoms with Gasteiger partial charge in [-0.15, -0.1) is 0 Å². The molecule has 4 rings (SSSR count). The lowest BCUT2D eigenvalue weighted by Gasteiger charge is -2.07. The highest BCUT2D eigenvalue weighted by atomic mass is 15.1. The molecular formula is C32H34N2. The Labute approximate surface area is 204 Å². The molecule has 0 aliphatic carbocycles. The van der Waals surface area contributed by atoms with E-state index in [9.17, 15) is 0 Å². The fraction of sp³-hybridized carbons (Fsp3) is 0.250. The monoisotopic (exact) mass is 446 g/mol. The Morgan fingerprint density at radius 1 is 0.353 bits per heavy atom. The van der Waals surface area contributed by atoms with Crippen molar-refractivity contribution in [1.82, 2.24) is 0 Å². The Morgan fingerprint density at radius 3 is 1.15 bits per heavy atom. The van der Waals surface area contributed by atoms with Gasteiger partial charge in [0.15, 0.2) is 0 Å². The number of unbranched alkanes of at least 4 members (excludes halogenated alkanes) is 2. The Bertz CT molecular complexity index is 1060. The van der Waals surface area contributed by atoms with E-state index in [2.05, 4.69) is 119 Å². The zero-order valence-electron chi connectivity index (χ0n) is 19.9. The predicted octanol–water partition coefficient (Wildman–Crippen LogP) is 9.23. The van der Waals surface area contributed by atoms with E-state index in [1.807, 2.05) is 0 Å². The number of azo groups is 1. The zero-order valence-corrected chi connectivity index (χ0v) is 19.9. The minimum atomic E-state index is 0.987. The molecule has 0 saturated heterocycles. The van der Waals surface area contributed by atoms with Crippen LogP contribution in [0, 0.1) is 0 Å². The lowest BCUT2D eigenvalue weighted by molar-refractivity contribution is 0.733. The Kier molecular flexibility index (Phi) is 9.21. The maximum absolute atomic E-state index is 4.67. The minimum Gasteiger partial charge on any atom is -0.150 e. The second kappa shape index (κ2) is 13.3. The molecule has 0 fully saturated rings. The van der Waals surface area contributed by atoms with Crippen LogP contribution in [0.5, 0.6) is 0 Å². The maximum atomic E-state index is 4.67. The van der Waals surface area contributed by atoms with E-state index in [-0.39, 0.29) is 0 Å². The topological polar surface area (TPSA) is 24.7 Å². The smallest absolute Gasteiger partial charge is 0.0889 e. The summed E-state index contributed by atoms with van der Waals surface area (Å²) in [4.78, 5) is 0. The van der Waals surface area contributed by atoms with E-state index in [0.717, 1.165) is 49.9 Å². The fourth-order valence-corrected chi connectivity index (χ4v) is 4.33. The van der Waals surface area contributed by atoms with Gasteiger partial charge in [0.25, 0.3) is 0 Å². The molecule has 0 heterocycles. The molecule has 2 heteroatoms. The molecule has 0 spiro atoms. The first-order valence-electron chi connectivity index (χ1n) is 12.5. The molecule has 4 aromatic carbocycles. The van der Waals surface area contributed by atoms with Gasteiger partial charge in [0.05, 0.1) is 11.4 Å². The number of rotatable bonds is 12. The van der Waals surface area contributed by atoms with Crippen LogP contribution >= 0.6 is 0 Å². The number of hydrogen-bond donors (Lipinski definition) is 0. The quantitative estimate of drug-likeness (QED) is 0.153. The molecule has 172 valence electrons. The van der Waals surface area contributed by atoms with Crippen molar-refractivity contribution in [3.8, 4) is 0 Å². The van der Waals surface area contributed by atoms with Crippen LogP contribution in [0.1, 0.15) is 47.9 Å². The van der Waals surface area contributed by atoms with Gasteiger partial charge < -0.3 is 0 Å². The third kappa shape index (κ3) is 7.52. The summed E-state index contributed by atoms with van der Waals surface area (Å²) < 4.78 is 0. The summed E-state index contributed by atoms with van der Waals surface area (Å²) in [6.07, 6.45) is 8.98. The molecule has 34 heavy (non-hydrogen) atoms. The lowest BCUT2D eigenvalue weighted by Crippen LogP contribution is -1.90. The van der Waals surface area contributed by atoms with Crippen molar-refractivity contribution in [2.24, 2.45) is 10.2 Å². The normalized spacial score (nSPS) is 11.2. The molecule has 0 unspecified atom stereocenters. The van der Waals surface area contributed by atoms with Gasteiger partial charge in [-0.2, -0.15) is 10.2 Å². The molecular weight excluding hydrogens is 412 g/mol. The highest BCUT2D eigenvalue weighted by Crippen LogP contribution is 2.27. The predicted molar refractivity (Wildman–Crippen MR) is 143 cm³/mol. The van der Waals surface area contributed by atoms with Gasteiger partial charge in [0.2, 0.25) is 0 Å². The highest BCUT2D eigenvalue weighted by Gasteiger charge is 2.04. The summed E-state index contributed by atoms with van der Waals surface area (Å²) in [5, 5.41) is 9.35. The summed E-state index contributed by atoms with van der Waals surface area (Å²) in [5.41, 5.74) is 7.35. The van der Waals surface area contributed by atoms with E-state index in [1.165, 1.54) is 35.1 Å². The van der Waals surface area contributed by atoms with Crippen LogP contribution in [0.15, 0.2) is 119 Å². The van der Waals surface area contributed by atoms with Gasteiger partial charge in [-0.25, -0.2) is 0 Å². The third-order valence-electron chi connectivity index (χ3n) is 6.26. The minimum absolute atomic E-state index is 0.987. The summed E-state index contributed by atoms with van der Waals surface area (Å²) in [7, 11) is 0. The molecule has 2 nitrogen and oxygen atoms in total. The first kappa shape index (κ1) is 23.6. The van der Waals surface area contributed by atoms with Crippen molar-refractivity contribution in [2.45, 2.75) is 51.4 Å². The van der Waals surface area contributed by atoms with E-state index < -0.39 is 0 Å². The number of hydrogen-bond acceptors (Lipinski definition) is 2. The van der Waals surface area contributed by atoms with Crippen LogP contribution in [0.4, 0.5) is 11.4 Å². The first-order chi connectivity index (χ1) is 16.9. The Balaban J connectivity index is 1.31. The van der Waals surface area contributed by atoms with Gasteiger partial charge in [0.1, 0.15) is 0 Å². The Hall–Kier alpha value is -3.52. The van der Waals surface area contributed by atoms with Crippen molar-refractivity contribution in [1.29, 1.82) is 0 Å². The average Bonchev–Trinajstić information content (AvgIpc) is 2.90. The Morgan fingerprint density at radius 2 is 0.706 bits per heavy atom. The lowest BCUT2D eigenvalue weighted by atomic mass is 10.0. The summed E-state index contributed by atoms with van der Waals surface area (Å²) in [6, 6.07) is 38.3. The van der Waals surface area contributed by atoms with E-state index >= 15 is 0 Å². The maximum Gasteiger partial charge on any atom is 0.0889 e. The van der Waals surface area contributed by atoms with Crippen molar-refractivity contribution in [2.75, 3.05) is 0 Å². The van der Waals surface area contributed by atoms with Gasteiger partial charge in [0, 0.05) is 0 Å². The largest absolute Gasteiger partial charge is 0.150 e. The third-order valence-corrected chi connectivity index (χ3v) is 6.26. The SMILES string of the molecule is c1ccc(CCCCc2ccccc2N=Nc2ccccc2CCCCc2ccccc2)cc1. The highest BCUT2D eigenvalue weighted by molar-refractivity contribution is 5.49. The van der Waals surface area contributed by atoms with Crippen LogP contribution in [0.25, 0.3) is 0 Å². The van der Waals surface area contributed by atoms with E-state index in [4.69, 9.17) is 0 Å². The van der Waals surface area contributed by atoms with Crippen LogP contribution in [-0.4, -0.2) is 0 Å². The molecule has 0 aliphatic rings. The molecule has 0 bridgehead atoms. The van der Waals surface area contributed by atoms with Gasteiger partial charge in [-0.05, 0) is 85.8 Å². The molecule has 0 atom stereocenters.